The van der Waals surface area contributed by atoms with Crippen LogP contribution in [0.1, 0.15) is 251 Å². The number of rotatable bonds is 48. The van der Waals surface area contributed by atoms with E-state index in [9.17, 15) is 19.4 Å². The van der Waals surface area contributed by atoms with E-state index in [1.54, 1.807) is 6.08 Å². The fraction of sp³-hybridized carbons (Fsp3) is 0.904. The molecule has 0 saturated carbocycles. The van der Waals surface area contributed by atoms with Crippen LogP contribution in [0.2, 0.25) is 0 Å². The molecule has 0 radical (unpaired) electrons. The van der Waals surface area contributed by atoms with Crippen LogP contribution >= 0.6 is 7.82 Å². The molecule has 0 aliphatic carbocycles. The maximum atomic E-state index is 12.9. The quantitative estimate of drug-likeness (QED) is 0.0243. The number of aliphatic hydroxyl groups excluding tert-OH is 1. The zero-order valence-corrected chi connectivity index (χ0v) is 42.1. The third-order valence-electron chi connectivity index (χ3n) is 11.9. The van der Waals surface area contributed by atoms with Gasteiger partial charge in [-0.05, 0) is 44.9 Å². The molecule has 362 valence electrons. The number of aliphatic hydroxyl groups is 1. The third kappa shape index (κ3) is 46.8. The molecule has 0 aromatic heterocycles. The van der Waals surface area contributed by atoms with Crippen LogP contribution in [-0.4, -0.2) is 73.4 Å². The van der Waals surface area contributed by atoms with Gasteiger partial charge in [0.2, 0.25) is 5.91 Å². The topological polar surface area (TPSA) is 105 Å². The summed E-state index contributed by atoms with van der Waals surface area (Å²) in [7, 11) is 1.58. The fourth-order valence-electron chi connectivity index (χ4n) is 7.74. The Balaban J connectivity index is 3.91. The van der Waals surface area contributed by atoms with Crippen LogP contribution in [0, 0.1) is 0 Å². The summed E-state index contributed by atoms with van der Waals surface area (Å²) in [6.07, 6.45) is 54.4. The highest BCUT2D eigenvalue weighted by Crippen LogP contribution is 2.43. The smallest absolute Gasteiger partial charge is 0.387 e. The number of phosphoric ester groups is 1. The molecule has 61 heavy (non-hydrogen) atoms. The van der Waals surface area contributed by atoms with Gasteiger partial charge in [-0.25, -0.2) is 4.57 Å². The van der Waals surface area contributed by atoms with Crippen LogP contribution < -0.4 is 5.32 Å². The predicted octanol–water partition coefficient (Wildman–Crippen LogP) is 15.3. The second kappa shape index (κ2) is 44.2. The molecule has 0 aromatic rings. The van der Waals surface area contributed by atoms with Crippen LogP contribution in [0.5, 0.6) is 0 Å². The van der Waals surface area contributed by atoms with Crippen LogP contribution in [0.3, 0.4) is 0 Å². The van der Waals surface area contributed by atoms with Crippen molar-refractivity contribution < 1.29 is 32.9 Å². The summed E-state index contributed by atoms with van der Waals surface area (Å²) in [6.45, 7) is 4.79. The summed E-state index contributed by atoms with van der Waals surface area (Å²) in [6, 6.07) is -0.840. The summed E-state index contributed by atoms with van der Waals surface area (Å²) in [5.74, 6) is -0.177. The molecule has 3 unspecified atom stereocenters. The minimum absolute atomic E-state index is 0.0631. The number of nitrogens with one attached hydrogen (secondary N) is 1. The van der Waals surface area contributed by atoms with Crippen LogP contribution in [0.4, 0.5) is 0 Å². The molecule has 0 bridgehead atoms. The highest BCUT2D eigenvalue weighted by Gasteiger charge is 2.27. The molecule has 0 aromatic carbocycles. The number of hydrogen-bond acceptors (Lipinski definition) is 5. The van der Waals surface area contributed by atoms with Gasteiger partial charge in [0.25, 0.3) is 0 Å². The standard InChI is InChI=1S/C52H103N2O6P/c1-6-8-10-12-14-16-17-18-19-20-21-22-23-24-25-26-27-28-29-30-31-32-33-34-35-36-37-38-40-42-44-46-52(56)53-50(49-60-61(57,58)59-48-47-54(3,4)5)51(55)45-43-41-39-15-13-11-9-7-2/h20-21,43,45,50-51,55H,6-19,22-42,44,46-49H2,1-5H3,(H-,53,56,57,58)/p+1/b21-20-,45-43+. The Morgan fingerprint density at radius 2 is 0.885 bits per heavy atom. The SMILES string of the molecule is CCCCCCCC/C=C/C(O)C(COP(=O)(O)OCC[N+](C)(C)C)NC(=O)CCCCCCCCCCCCCCCCCCCCC/C=C\CCCCCCCCCC. The monoisotopic (exact) mass is 884 g/mol. The van der Waals surface area contributed by atoms with E-state index >= 15 is 0 Å². The average molecular weight is 884 g/mol. The van der Waals surface area contributed by atoms with E-state index in [-0.39, 0.29) is 19.1 Å². The lowest BCUT2D eigenvalue weighted by Crippen LogP contribution is -2.45. The first-order valence-electron chi connectivity index (χ1n) is 26.2. The Hall–Kier alpha value is -1.02. The molecule has 9 heteroatoms. The molecule has 8 nitrogen and oxygen atoms in total. The molecule has 0 fully saturated rings. The molecule has 0 heterocycles. The van der Waals surface area contributed by atoms with E-state index in [1.165, 1.54) is 193 Å². The van der Waals surface area contributed by atoms with Gasteiger partial charge in [0.15, 0.2) is 0 Å². The van der Waals surface area contributed by atoms with Gasteiger partial charge >= 0.3 is 7.82 Å². The molecular weight excluding hydrogens is 780 g/mol. The van der Waals surface area contributed by atoms with Crippen molar-refractivity contribution in [1.82, 2.24) is 5.32 Å². The molecule has 0 saturated heterocycles. The second-order valence-corrected chi connectivity index (χ2v) is 20.7. The molecule has 3 atom stereocenters. The predicted molar refractivity (Wildman–Crippen MR) is 263 cm³/mol. The largest absolute Gasteiger partial charge is 0.472 e. The number of allylic oxidation sites excluding steroid dienone is 3. The summed E-state index contributed by atoms with van der Waals surface area (Å²) in [5.41, 5.74) is 0. The Labute approximate surface area is 379 Å². The summed E-state index contributed by atoms with van der Waals surface area (Å²) >= 11 is 0. The Kier molecular flexibility index (Phi) is 43.5. The molecule has 1 amide bonds. The van der Waals surface area contributed by atoms with Crippen molar-refractivity contribution in [2.75, 3.05) is 40.9 Å². The highest BCUT2D eigenvalue weighted by atomic mass is 31.2. The van der Waals surface area contributed by atoms with E-state index in [0.717, 1.165) is 38.5 Å². The van der Waals surface area contributed by atoms with Crippen LogP contribution in [0.15, 0.2) is 24.3 Å². The van der Waals surface area contributed by atoms with E-state index in [0.29, 0.717) is 17.4 Å². The number of quaternary nitrogens is 1. The lowest BCUT2D eigenvalue weighted by molar-refractivity contribution is -0.870. The number of carbonyl (C=O) groups is 1. The number of amides is 1. The van der Waals surface area contributed by atoms with Gasteiger partial charge in [0, 0.05) is 6.42 Å². The maximum Gasteiger partial charge on any atom is 0.472 e. The first-order valence-corrected chi connectivity index (χ1v) is 27.7. The zero-order chi connectivity index (χ0) is 45.0. The van der Waals surface area contributed by atoms with Crippen molar-refractivity contribution in [3.05, 3.63) is 24.3 Å². The fourth-order valence-corrected chi connectivity index (χ4v) is 8.48. The molecule has 3 N–H and O–H groups in total. The molecule has 0 aliphatic rings. The molecule has 0 aliphatic heterocycles. The van der Waals surface area contributed by atoms with Gasteiger partial charge in [-0.1, -0.05) is 224 Å². The lowest BCUT2D eigenvalue weighted by atomic mass is 10.0. The van der Waals surface area contributed by atoms with Crippen molar-refractivity contribution in [2.45, 2.75) is 264 Å². The number of carbonyl (C=O) groups excluding carboxylic acids is 1. The summed E-state index contributed by atoms with van der Waals surface area (Å²) in [5, 5.41) is 13.8. The normalized spacial score (nSPS) is 14.3. The van der Waals surface area contributed by atoms with E-state index in [4.69, 9.17) is 9.05 Å². The van der Waals surface area contributed by atoms with Crippen molar-refractivity contribution in [1.29, 1.82) is 0 Å². The van der Waals surface area contributed by atoms with Crippen LogP contribution in [0.25, 0.3) is 0 Å². The number of nitrogens with zero attached hydrogens (tertiary/aromatic N) is 1. The minimum Gasteiger partial charge on any atom is -0.387 e. The van der Waals surface area contributed by atoms with Gasteiger partial charge in [-0.2, -0.15) is 0 Å². The highest BCUT2D eigenvalue weighted by molar-refractivity contribution is 7.47. The van der Waals surface area contributed by atoms with Crippen molar-refractivity contribution >= 4 is 13.7 Å². The first kappa shape index (κ1) is 60.0. The number of phosphoric acid groups is 1. The van der Waals surface area contributed by atoms with Crippen molar-refractivity contribution in [2.24, 2.45) is 0 Å². The molecule has 0 spiro atoms. The summed E-state index contributed by atoms with van der Waals surface area (Å²) in [4.78, 5) is 23.1. The van der Waals surface area contributed by atoms with E-state index in [2.05, 4.69) is 31.3 Å². The van der Waals surface area contributed by atoms with Crippen molar-refractivity contribution in [3.63, 3.8) is 0 Å². The number of unbranched alkanes of at least 4 members (excludes halogenated alkanes) is 33. The number of hydrogen-bond donors (Lipinski definition) is 3. The van der Waals surface area contributed by atoms with Gasteiger partial charge in [-0.15, -0.1) is 0 Å². The average Bonchev–Trinajstić information content (AvgIpc) is 3.21. The second-order valence-electron chi connectivity index (χ2n) is 19.3. The van der Waals surface area contributed by atoms with E-state index in [1.807, 2.05) is 27.2 Å². The van der Waals surface area contributed by atoms with Crippen molar-refractivity contribution in [3.8, 4) is 0 Å². The molecular formula is C52H104N2O6P+. The number of likely N-dealkylation sites (N-methyl/N-ethyl adjacent to an activating group) is 1. The zero-order valence-electron chi connectivity index (χ0n) is 41.2. The maximum absolute atomic E-state index is 12.9. The minimum atomic E-state index is -4.33. The third-order valence-corrected chi connectivity index (χ3v) is 12.9. The van der Waals surface area contributed by atoms with Gasteiger partial charge in [0.05, 0.1) is 39.9 Å². The Morgan fingerprint density at radius 3 is 1.26 bits per heavy atom. The molecule has 0 rings (SSSR count). The summed E-state index contributed by atoms with van der Waals surface area (Å²) < 4.78 is 23.5. The lowest BCUT2D eigenvalue weighted by Gasteiger charge is -2.25. The Bertz CT molecular complexity index is 1050. The van der Waals surface area contributed by atoms with Gasteiger partial charge < -0.3 is 19.8 Å². The van der Waals surface area contributed by atoms with Crippen LogP contribution in [-0.2, 0) is 18.4 Å². The van der Waals surface area contributed by atoms with Gasteiger partial charge in [0.1, 0.15) is 13.2 Å². The Morgan fingerprint density at radius 1 is 0.541 bits per heavy atom. The van der Waals surface area contributed by atoms with Gasteiger partial charge in [-0.3, -0.25) is 13.8 Å². The first-order chi connectivity index (χ1) is 29.5. The van der Waals surface area contributed by atoms with E-state index < -0.39 is 20.0 Å².